The Morgan fingerprint density at radius 3 is 2.59 bits per heavy atom. The SMILES string of the molecule is COc1ccccc1CCNC(=O)c1cncc(Nc2ccc(C)cc2)c1. The number of nitrogens with zero attached hydrogens (tertiary/aromatic N) is 1. The third-order valence-corrected chi connectivity index (χ3v) is 4.21. The molecule has 0 radical (unpaired) electrons. The van der Waals surface area contributed by atoms with E-state index in [0.717, 1.165) is 22.7 Å². The minimum absolute atomic E-state index is 0.148. The third-order valence-electron chi connectivity index (χ3n) is 4.21. The molecule has 3 rings (SSSR count). The zero-order chi connectivity index (χ0) is 19.1. The molecule has 5 heteroatoms. The molecule has 0 aliphatic heterocycles. The Kier molecular flexibility index (Phi) is 6.05. The number of pyridine rings is 1. The predicted molar refractivity (Wildman–Crippen MR) is 108 cm³/mol. The largest absolute Gasteiger partial charge is 0.496 e. The van der Waals surface area contributed by atoms with Crippen LogP contribution in [-0.4, -0.2) is 24.5 Å². The molecule has 27 heavy (non-hydrogen) atoms. The highest BCUT2D eigenvalue weighted by molar-refractivity contribution is 5.94. The number of amides is 1. The Morgan fingerprint density at radius 1 is 1.04 bits per heavy atom. The van der Waals surface area contributed by atoms with Gasteiger partial charge in [0.2, 0.25) is 0 Å². The Morgan fingerprint density at radius 2 is 1.81 bits per heavy atom. The average molecular weight is 361 g/mol. The van der Waals surface area contributed by atoms with Crippen LogP contribution in [0.25, 0.3) is 0 Å². The molecule has 138 valence electrons. The molecule has 1 aromatic heterocycles. The van der Waals surface area contributed by atoms with Gasteiger partial charge in [-0.2, -0.15) is 0 Å². The number of para-hydroxylation sites is 1. The Hall–Kier alpha value is -3.34. The lowest BCUT2D eigenvalue weighted by atomic mass is 10.1. The molecule has 5 nitrogen and oxygen atoms in total. The van der Waals surface area contributed by atoms with Crippen molar-refractivity contribution in [2.45, 2.75) is 13.3 Å². The van der Waals surface area contributed by atoms with Gasteiger partial charge in [-0.25, -0.2) is 0 Å². The molecule has 0 saturated heterocycles. The van der Waals surface area contributed by atoms with E-state index in [1.807, 2.05) is 55.5 Å². The number of carbonyl (C=O) groups is 1. The van der Waals surface area contributed by atoms with Crippen LogP contribution in [0.3, 0.4) is 0 Å². The second kappa shape index (κ2) is 8.85. The molecule has 0 atom stereocenters. The van der Waals surface area contributed by atoms with Crippen molar-refractivity contribution in [3.05, 3.63) is 83.7 Å². The lowest BCUT2D eigenvalue weighted by Gasteiger charge is -2.10. The molecule has 0 spiro atoms. The van der Waals surface area contributed by atoms with Gasteiger partial charge >= 0.3 is 0 Å². The topological polar surface area (TPSA) is 63.2 Å². The summed E-state index contributed by atoms with van der Waals surface area (Å²) in [5.41, 5.74) is 4.51. The summed E-state index contributed by atoms with van der Waals surface area (Å²) in [7, 11) is 1.65. The van der Waals surface area contributed by atoms with Gasteiger partial charge in [-0.05, 0) is 43.2 Å². The predicted octanol–water partition coefficient (Wildman–Crippen LogP) is 4.11. The first-order chi connectivity index (χ1) is 13.2. The van der Waals surface area contributed by atoms with Gasteiger partial charge in [-0.3, -0.25) is 9.78 Å². The van der Waals surface area contributed by atoms with Gasteiger partial charge in [-0.15, -0.1) is 0 Å². The molecule has 0 unspecified atom stereocenters. The van der Waals surface area contributed by atoms with Gasteiger partial charge in [0.25, 0.3) is 5.91 Å². The number of aryl methyl sites for hydroxylation is 1. The molecule has 0 saturated carbocycles. The van der Waals surface area contributed by atoms with Crippen LogP contribution in [0.15, 0.2) is 67.0 Å². The Balaban J connectivity index is 1.59. The number of rotatable bonds is 7. The lowest BCUT2D eigenvalue weighted by Crippen LogP contribution is -2.26. The molecule has 2 aromatic carbocycles. The number of nitrogens with one attached hydrogen (secondary N) is 2. The maximum atomic E-state index is 12.4. The lowest BCUT2D eigenvalue weighted by molar-refractivity contribution is 0.0953. The first-order valence-electron chi connectivity index (χ1n) is 8.84. The van der Waals surface area contributed by atoms with E-state index in [2.05, 4.69) is 15.6 Å². The van der Waals surface area contributed by atoms with Gasteiger partial charge in [0.05, 0.1) is 24.6 Å². The highest BCUT2D eigenvalue weighted by atomic mass is 16.5. The van der Waals surface area contributed by atoms with E-state index in [4.69, 9.17) is 4.74 Å². The number of aromatic nitrogens is 1. The summed E-state index contributed by atoms with van der Waals surface area (Å²) in [6.45, 7) is 2.57. The van der Waals surface area contributed by atoms with Crippen molar-refractivity contribution in [2.75, 3.05) is 19.0 Å². The smallest absolute Gasteiger partial charge is 0.252 e. The monoisotopic (exact) mass is 361 g/mol. The van der Waals surface area contributed by atoms with E-state index >= 15 is 0 Å². The maximum Gasteiger partial charge on any atom is 0.252 e. The van der Waals surface area contributed by atoms with Gasteiger partial charge in [0, 0.05) is 18.4 Å². The standard InChI is InChI=1S/C22H23N3O2/c1-16-7-9-19(10-8-16)25-20-13-18(14-23-15-20)22(26)24-12-11-17-5-3-4-6-21(17)27-2/h3-10,13-15,25H,11-12H2,1-2H3,(H,24,26). The van der Waals surface area contributed by atoms with Crippen LogP contribution in [0.4, 0.5) is 11.4 Å². The van der Waals surface area contributed by atoms with Gasteiger partial charge in [0.15, 0.2) is 0 Å². The van der Waals surface area contributed by atoms with E-state index < -0.39 is 0 Å². The summed E-state index contributed by atoms with van der Waals surface area (Å²) in [4.78, 5) is 16.6. The van der Waals surface area contributed by atoms with Crippen LogP contribution in [0, 0.1) is 6.92 Å². The van der Waals surface area contributed by atoms with Crippen LogP contribution in [0.5, 0.6) is 5.75 Å². The first kappa shape index (κ1) is 18.5. The fourth-order valence-corrected chi connectivity index (χ4v) is 2.76. The number of hydrogen-bond acceptors (Lipinski definition) is 4. The number of carbonyl (C=O) groups excluding carboxylic acids is 1. The van der Waals surface area contributed by atoms with Crippen molar-refractivity contribution < 1.29 is 9.53 Å². The van der Waals surface area contributed by atoms with Gasteiger partial charge < -0.3 is 15.4 Å². The maximum absolute atomic E-state index is 12.4. The molecule has 0 fully saturated rings. The number of methoxy groups -OCH3 is 1. The Labute approximate surface area is 159 Å². The highest BCUT2D eigenvalue weighted by Gasteiger charge is 2.08. The van der Waals surface area contributed by atoms with Crippen molar-refractivity contribution >= 4 is 17.3 Å². The molecule has 0 bridgehead atoms. The first-order valence-corrected chi connectivity index (χ1v) is 8.84. The van der Waals surface area contributed by atoms with Crippen LogP contribution in [-0.2, 0) is 6.42 Å². The quantitative estimate of drug-likeness (QED) is 0.665. The Bertz CT molecular complexity index is 907. The summed E-state index contributed by atoms with van der Waals surface area (Å²) >= 11 is 0. The molecule has 0 aliphatic rings. The second-order valence-corrected chi connectivity index (χ2v) is 6.27. The zero-order valence-electron chi connectivity index (χ0n) is 15.5. The second-order valence-electron chi connectivity index (χ2n) is 6.27. The minimum Gasteiger partial charge on any atom is -0.496 e. The van der Waals surface area contributed by atoms with Crippen molar-refractivity contribution in [1.29, 1.82) is 0 Å². The minimum atomic E-state index is -0.148. The van der Waals surface area contributed by atoms with Crippen molar-refractivity contribution in [2.24, 2.45) is 0 Å². The van der Waals surface area contributed by atoms with E-state index in [1.54, 1.807) is 25.6 Å². The van der Waals surface area contributed by atoms with E-state index in [9.17, 15) is 4.79 Å². The number of ether oxygens (including phenoxy) is 1. The highest BCUT2D eigenvalue weighted by Crippen LogP contribution is 2.18. The molecular formula is C22H23N3O2. The van der Waals surface area contributed by atoms with Crippen LogP contribution in [0.1, 0.15) is 21.5 Å². The summed E-state index contributed by atoms with van der Waals surface area (Å²) in [5, 5.41) is 6.20. The normalized spacial score (nSPS) is 10.3. The van der Waals surface area contributed by atoms with Crippen LogP contribution in [0.2, 0.25) is 0 Å². The molecule has 0 aliphatic carbocycles. The molecule has 2 N–H and O–H groups in total. The van der Waals surface area contributed by atoms with E-state index in [1.165, 1.54) is 5.56 Å². The fraction of sp³-hybridized carbons (Fsp3) is 0.182. The van der Waals surface area contributed by atoms with Crippen molar-refractivity contribution in [1.82, 2.24) is 10.3 Å². The van der Waals surface area contributed by atoms with Crippen LogP contribution < -0.4 is 15.4 Å². The summed E-state index contributed by atoms with van der Waals surface area (Å²) < 4.78 is 5.34. The summed E-state index contributed by atoms with van der Waals surface area (Å²) in [6, 6.07) is 17.7. The number of hydrogen-bond donors (Lipinski definition) is 2. The van der Waals surface area contributed by atoms with E-state index in [-0.39, 0.29) is 5.91 Å². The van der Waals surface area contributed by atoms with Crippen molar-refractivity contribution in [3.63, 3.8) is 0 Å². The fourth-order valence-electron chi connectivity index (χ4n) is 2.76. The van der Waals surface area contributed by atoms with Crippen molar-refractivity contribution in [3.8, 4) is 5.75 Å². The molecule has 3 aromatic rings. The summed E-state index contributed by atoms with van der Waals surface area (Å²) in [5.74, 6) is 0.683. The molecule has 1 amide bonds. The molecular weight excluding hydrogens is 338 g/mol. The van der Waals surface area contributed by atoms with Gasteiger partial charge in [-0.1, -0.05) is 35.9 Å². The van der Waals surface area contributed by atoms with Gasteiger partial charge in [0.1, 0.15) is 5.75 Å². The zero-order valence-corrected chi connectivity index (χ0v) is 15.5. The van der Waals surface area contributed by atoms with E-state index in [0.29, 0.717) is 18.5 Å². The summed E-state index contributed by atoms with van der Waals surface area (Å²) in [6.07, 6.45) is 3.97. The van der Waals surface area contributed by atoms with Crippen LogP contribution >= 0.6 is 0 Å². The number of benzene rings is 2. The average Bonchev–Trinajstić information content (AvgIpc) is 2.70. The molecule has 1 heterocycles. The number of anilines is 2. The third kappa shape index (κ3) is 5.07.